The number of likely N-dealkylation sites (N-methyl/N-ethyl adjacent to an activating group) is 1. The van der Waals surface area contributed by atoms with E-state index in [-0.39, 0.29) is 0 Å². The lowest BCUT2D eigenvalue weighted by atomic mass is 9.77. The molecule has 3 aromatic heterocycles. The van der Waals surface area contributed by atoms with Crippen molar-refractivity contribution in [1.82, 2.24) is 29.1 Å². The third-order valence-electron chi connectivity index (χ3n) is 9.31. The lowest BCUT2D eigenvalue weighted by molar-refractivity contribution is 0.0329. The molecule has 7 rings (SSSR count). The highest BCUT2D eigenvalue weighted by atomic mass is 16.5. The summed E-state index contributed by atoms with van der Waals surface area (Å²) in [4.78, 5) is 20.5. The van der Waals surface area contributed by atoms with Gasteiger partial charge in [-0.2, -0.15) is 0 Å². The molecule has 38 heavy (non-hydrogen) atoms. The van der Waals surface area contributed by atoms with Gasteiger partial charge in [0.05, 0.1) is 36.3 Å². The molecule has 1 aliphatic carbocycles. The Kier molecular flexibility index (Phi) is 6.82. The van der Waals surface area contributed by atoms with Gasteiger partial charge in [-0.15, -0.1) is 0 Å². The summed E-state index contributed by atoms with van der Waals surface area (Å²) < 4.78 is 8.16. The van der Waals surface area contributed by atoms with Crippen molar-refractivity contribution in [3.05, 3.63) is 59.2 Å². The Hall–Kier alpha value is -2.52. The second kappa shape index (κ2) is 10.6. The number of piperidine rings is 1. The van der Waals surface area contributed by atoms with E-state index in [0.717, 1.165) is 77.8 Å². The molecular formula is C30H41N7O. The molecule has 0 N–H and O–H groups in total. The Bertz CT molecular complexity index is 1260. The minimum absolute atomic E-state index is 0.409. The number of rotatable bonds is 5. The van der Waals surface area contributed by atoms with Gasteiger partial charge in [0.15, 0.2) is 0 Å². The average Bonchev–Trinajstić information content (AvgIpc) is 3.30. The standard InChI is InChI=1S/C30H41N7O/c1-33-13-15-35(16-14-33)28-8-2-7-27-32-25(26(37(27)28)22-34-17-19-38-20-18-34)21-36-12-4-6-24-10-9-23-5-3-11-31-29(23)30(24)36/h2-3,5,7-8,11,24,30H,4,6,9-10,12-22H2,1H3/t24-,30-/m0/s1. The van der Waals surface area contributed by atoms with Crippen LogP contribution in [0, 0.1) is 5.92 Å². The largest absolute Gasteiger partial charge is 0.379 e. The summed E-state index contributed by atoms with van der Waals surface area (Å²) in [6.45, 7) is 10.8. The Morgan fingerprint density at radius 2 is 1.79 bits per heavy atom. The van der Waals surface area contributed by atoms with Crippen molar-refractivity contribution in [3.8, 4) is 0 Å². The number of ether oxygens (including phenoxy) is 1. The molecule has 4 aliphatic rings. The SMILES string of the molecule is CN1CCN(c2cccc3nc(CN4CCC[C@H]5CCc6cccnc6[C@H]54)c(CN4CCOCC4)n23)CC1. The van der Waals surface area contributed by atoms with Gasteiger partial charge < -0.3 is 14.5 Å². The van der Waals surface area contributed by atoms with Gasteiger partial charge in [-0.25, -0.2) is 4.98 Å². The van der Waals surface area contributed by atoms with E-state index in [0.29, 0.717) is 12.0 Å². The summed E-state index contributed by atoms with van der Waals surface area (Å²) >= 11 is 0. The van der Waals surface area contributed by atoms with E-state index < -0.39 is 0 Å². The first-order valence-corrected chi connectivity index (χ1v) is 14.7. The van der Waals surface area contributed by atoms with E-state index in [1.165, 1.54) is 54.1 Å². The van der Waals surface area contributed by atoms with Gasteiger partial charge in [-0.3, -0.25) is 19.2 Å². The minimum atomic E-state index is 0.409. The molecule has 3 fully saturated rings. The van der Waals surface area contributed by atoms with Gasteiger partial charge in [-0.05, 0) is 69.0 Å². The molecule has 0 spiro atoms. The quantitative estimate of drug-likeness (QED) is 0.517. The third-order valence-corrected chi connectivity index (χ3v) is 9.31. The molecule has 0 aromatic carbocycles. The van der Waals surface area contributed by atoms with Crippen LogP contribution in [0.25, 0.3) is 5.65 Å². The van der Waals surface area contributed by atoms with Crippen molar-refractivity contribution in [2.24, 2.45) is 5.92 Å². The second-order valence-electron chi connectivity index (χ2n) is 11.7. The highest BCUT2D eigenvalue weighted by molar-refractivity contribution is 5.55. The maximum absolute atomic E-state index is 5.69. The minimum Gasteiger partial charge on any atom is -0.379 e. The first-order valence-electron chi connectivity index (χ1n) is 14.7. The van der Waals surface area contributed by atoms with Crippen molar-refractivity contribution >= 4 is 11.5 Å². The van der Waals surface area contributed by atoms with Crippen molar-refractivity contribution in [2.75, 3.05) is 71.0 Å². The summed E-state index contributed by atoms with van der Waals surface area (Å²) in [5, 5.41) is 0. The second-order valence-corrected chi connectivity index (χ2v) is 11.7. The van der Waals surface area contributed by atoms with Gasteiger partial charge >= 0.3 is 0 Å². The molecule has 8 heteroatoms. The van der Waals surface area contributed by atoms with Gasteiger partial charge in [0.1, 0.15) is 11.5 Å². The zero-order chi connectivity index (χ0) is 25.5. The number of hydrogen-bond acceptors (Lipinski definition) is 7. The first kappa shape index (κ1) is 24.5. The maximum Gasteiger partial charge on any atom is 0.138 e. The molecule has 202 valence electrons. The number of aryl methyl sites for hydroxylation is 1. The molecule has 3 aliphatic heterocycles. The molecule has 0 bridgehead atoms. The van der Waals surface area contributed by atoms with E-state index in [2.05, 4.69) is 61.4 Å². The Morgan fingerprint density at radius 3 is 2.66 bits per heavy atom. The van der Waals surface area contributed by atoms with E-state index in [1.54, 1.807) is 0 Å². The van der Waals surface area contributed by atoms with Crippen molar-refractivity contribution < 1.29 is 4.74 Å². The molecule has 6 heterocycles. The first-order chi connectivity index (χ1) is 18.7. The van der Waals surface area contributed by atoms with Gasteiger partial charge in [0.2, 0.25) is 0 Å². The molecule has 3 saturated heterocycles. The molecular weight excluding hydrogens is 474 g/mol. The van der Waals surface area contributed by atoms with Crippen LogP contribution in [0.5, 0.6) is 0 Å². The zero-order valence-electron chi connectivity index (χ0n) is 22.8. The van der Waals surface area contributed by atoms with Crippen molar-refractivity contribution in [2.45, 2.75) is 44.8 Å². The number of morpholine rings is 1. The maximum atomic E-state index is 5.69. The molecule has 0 saturated carbocycles. The summed E-state index contributed by atoms with van der Waals surface area (Å²) in [7, 11) is 2.22. The summed E-state index contributed by atoms with van der Waals surface area (Å²) in [6, 6.07) is 11.5. The van der Waals surface area contributed by atoms with Gasteiger partial charge in [0.25, 0.3) is 0 Å². The molecule has 0 unspecified atom stereocenters. The number of hydrogen-bond donors (Lipinski definition) is 0. The summed E-state index contributed by atoms with van der Waals surface area (Å²) in [6.07, 6.45) is 7.02. The Labute approximate surface area is 226 Å². The topological polar surface area (TPSA) is 52.4 Å². The smallest absolute Gasteiger partial charge is 0.138 e. The van der Waals surface area contributed by atoms with Crippen LogP contribution in [-0.2, 0) is 24.2 Å². The van der Waals surface area contributed by atoms with Crippen LogP contribution in [0.2, 0.25) is 0 Å². The van der Waals surface area contributed by atoms with Crippen molar-refractivity contribution in [1.29, 1.82) is 0 Å². The number of fused-ring (bicyclic) bond motifs is 4. The molecule has 3 aromatic rings. The van der Waals surface area contributed by atoms with E-state index in [9.17, 15) is 0 Å². The summed E-state index contributed by atoms with van der Waals surface area (Å²) in [5.41, 5.74) is 6.44. The van der Waals surface area contributed by atoms with Crippen LogP contribution in [0.1, 0.15) is 47.9 Å². The number of anilines is 1. The fourth-order valence-electron chi connectivity index (χ4n) is 7.21. The number of aromatic nitrogens is 3. The van der Waals surface area contributed by atoms with Crippen LogP contribution in [0.4, 0.5) is 5.82 Å². The van der Waals surface area contributed by atoms with Gasteiger partial charge in [-0.1, -0.05) is 12.1 Å². The van der Waals surface area contributed by atoms with Crippen LogP contribution < -0.4 is 4.90 Å². The number of pyridine rings is 2. The zero-order valence-corrected chi connectivity index (χ0v) is 22.8. The van der Waals surface area contributed by atoms with Crippen LogP contribution in [0.3, 0.4) is 0 Å². The van der Waals surface area contributed by atoms with Crippen LogP contribution in [-0.4, -0.2) is 95.1 Å². The number of imidazole rings is 1. The monoisotopic (exact) mass is 515 g/mol. The number of nitrogens with zero attached hydrogens (tertiary/aromatic N) is 7. The number of piperazine rings is 1. The number of likely N-dealkylation sites (tertiary alicyclic amines) is 1. The Morgan fingerprint density at radius 1 is 0.921 bits per heavy atom. The Balaban J connectivity index is 1.27. The van der Waals surface area contributed by atoms with Crippen molar-refractivity contribution in [3.63, 3.8) is 0 Å². The highest BCUT2D eigenvalue weighted by Crippen LogP contribution is 2.43. The fourth-order valence-corrected chi connectivity index (χ4v) is 7.21. The lowest BCUT2D eigenvalue weighted by Crippen LogP contribution is -2.45. The van der Waals surface area contributed by atoms with E-state index in [4.69, 9.17) is 14.7 Å². The van der Waals surface area contributed by atoms with E-state index in [1.807, 2.05) is 6.20 Å². The van der Waals surface area contributed by atoms with E-state index >= 15 is 0 Å². The molecule has 0 radical (unpaired) electrons. The molecule has 0 amide bonds. The predicted octanol–water partition coefficient (Wildman–Crippen LogP) is 3.21. The fraction of sp³-hybridized carbons (Fsp3) is 0.600. The highest BCUT2D eigenvalue weighted by Gasteiger charge is 2.38. The normalized spacial score (nSPS) is 25.4. The molecule has 8 nitrogen and oxygen atoms in total. The van der Waals surface area contributed by atoms with Crippen LogP contribution in [0.15, 0.2) is 36.5 Å². The van der Waals surface area contributed by atoms with Crippen LogP contribution >= 0.6 is 0 Å². The third kappa shape index (κ3) is 4.62. The average molecular weight is 516 g/mol. The summed E-state index contributed by atoms with van der Waals surface area (Å²) in [5.74, 6) is 1.99. The predicted molar refractivity (Wildman–Crippen MR) is 149 cm³/mol. The molecule has 2 atom stereocenters. The lowest BCUT2D eigenvalue weighted by Gasteiger charge is -2.44. The van der Waals surface area contributed by atoms with Gasteiger partial charge in [0, 0.05) is 58.6 Å².